The number of rotatable bonds is 4. The Morgan fingerprint density at radius 1 is 1.29 bits per heavy atom. The predicted molar refractivity (Wildman–Crippen MR) is 77.8 cm³/mol. The molecule has 0 spiro atoms. The first kappa shape index (κ1) is 15.5. The van der Waals surface area contributed by atoms with Crippen LogP contribution in [0.15, 0.2) is 24.3 Å². The van der Waals surface area contributed by atoms with Crippen LogP contribution >= 0.6 is 0 Å². The minimum Gasteiger partial charge on any atom is -0.343 e. The molecule has 1 N–H and O–H groups in total. The Labute approximate surface area is 124 Å². The number of halogens is 1. The van der Waals surface area contributed by atoms with Gasteiger partial charge in [-0.2, -0.15) is 0 Å². The molecule has 1 aliphatic heterocycles. The molecular formula is C16H21FN2O2. The van der Waals surface area contributed by atoms with E-state index >= 15 is 0 Å². The van der Waals surface area contributed by atoms with E-state index in [-0.39, 0.29) is 23.5 Å². The Balaban J connectivity index is 2.27. The highest BCUT2D eigenvalue weighted by Gasteiger charge is 2.40. The summed E-state index contributed by atoms with van der Waals surface area (Å²) in [5.41, 5.74) is 0.819. The lowest BCUT2D eigenvalue weighted by molar-refractivity contribution is -0.151. The first-order chi connectivity index (χ1) is 9.93. The Morgan fingerprint density at radius 3 is 2.48 bits per heavy atom. The van der Waals surface area contributed by atoms with Gasteiger partial charge in [-0.3, -0.25) is 9.59 Å². The smallest absolute Gasteiger partial charge is 0.245 e. The molecule has 21 heavy (non-hydrogen) atoms. The lowest BCUT2D eigenvalue weighted by Crippen LogP contribution is -2.63. The van der Waals surface area contributed by atoms with E-state index in [2.05, 4.69) is 5.32 Å². The first-order valence-electron chi connectivity index (χ1n) is 7.29. The van der Waals surface area contributed by atoms with E-state index < -0.39 is 12.1 Å². The lowest BCUT2D eigenvalue weighted by atomic mass is 9.93. The summed E-state index contributed by atoms with van der Waals surface area (Å²) in [6.07, 6.45) is 0.805. The second kappa shape index (κ2) is 6.24. The van der Waals surface area contributed by atoms with Crippen LogP contribution in [0.25, 0.3) is 0 Å². The predicted octanol–water partition coefficient (Wildman–Crippen LogP) is 2.09. The number of hydrogen-bond donors (Lipinski definition) is 1. The van der Waals surface area contributed by atoms with Crippen LogP contribution in [-0.2, 0) is 16.1 Å². The van der Waals surface area contributed by atoms with Gasteiger partial charge in [0.15, 0.2) is 0 Å². The minimum absolute atomic E-state index is 0.0712. The summed E-state index contributed by atoms with van der Waals surface area (Å²) in [4.78, 5) is 26.3. The van der Waals surface area contributed by atoms with Crippen molar-refractivity contribution in [2.75, 3.05) is 0 Å². The molecule has 1 saturated heterocycles. The van der Waals surface area contributed by atoms with E-state index in [0.29, 0.717) is 6.54 Å². The van der Waals surface area contributed by atoms with Gasteiger partial charge < -0.3 is 10.2 Å². The average molecular weight is 292 g/mol. The van der Waals surface area contributed by atoms with Crippen LogP contribution in [-0.4, -0.2) is 28.8 Å². The summed E-state index contributed by atoms with van der Waals surface area (Å²) >= 11 is 0. The molecule has 1 aromatic rings. The maximum Gasteiger partial charge on any atom is 0.245 e. The summed E-state index contributed by atoms with van der Waals surface area (Å²) < 4.78 is 13.0. The zero-order valence-corrected chi connectivity index (χ0v) is 12.6. The van der Waals surface area contributed by atoms with E-state index in [1.54, 1.807) is 24.0 Å². The van der Waals surface area contributed by atoms with Crippen molar-refractivity contribution < 1.29 is 14.0 Å². The Bertz CT molecular complexity index is 530. The molecule has 3 unspecified atom stereocenters. The second-order valence-electron chi connectivity index (χ2n) is 5.65. The normalized spacial score (nSPS) is 23.9. The van der Waals surface area contributed by atoms with Gasteiger partial charge in [-0.05, 0) is 30.5 Å². The van der Waals surface area contributed by atoms with Crippen LogP contribution in [0.3, 0.4) is 0 Å². The molecule has 0 aliphatic carbocycles. The summed E-state index contributed by atoms with van der Waals surface area (Å²) in [6.45, 7) is 5.97. The molecule has 3 atom stereocenters. The molecule has 0 saturated carbocycles. The quantitative estimate of drug-likeness (QED) is 0.924. The van der Waals surface area contributed by atoms with Crippen LogP contribution in [0.1, 0.15) is 32.8 Å². The average Bonchev–Trinajstić information content (AvgIpc) is 2.46. The van der Waals surface area contributed by atoms with Gasteiger partial charge in [0.2, 0.25) is 11.8 Å². The zero-order valence-electron chi connectivity index (χ0n) is 12.6. The summed E-state index contributed by atoms with van der Waals surface area (Å²) in [5, 5.41) is 2.73. The van der Waals surface area contributed by atoms with Crippen molar-refractivity contribution in [2.24, 2.45) is 5.92 Å². The van der Waals surface area contributed by atoms with Gasteiger partial charge in [-0.1, -0.05) is 32.4 Å². The molecule has 2 rings (SSSR count). The summed E-state index contributed by atoms with van der Waals surface area (Å²) in [6, 6.07) is 5.04. The number of hydrogen-bond acceptors (Lipinski definition) is 2. The van der Waals surface area contributed by atoms with Crippen molar-refractivity contribution in [3.63, 3.8) is 0 Å². The van der Waals surface area contributed by atoms with Crippen LogP contribution < -0.4 is 5.32 Å². The highest BCUT2D eigenvalue weighted by atomic mass is 19.1. The van der Waals surface area contributed by atoms with Crippen molar-refractivity contribution in [1.82, 2.24) is 10.2 Å². The van der Waals surface area contributed by atoms with Gasteiger partial charge in [-0.15, -0.1) is 0 Å². The fourth-order valence-electron chi connectivity index (χ4n) is 2.64. The third-order valence-electron chi connectivity index (χ3n) is 4.07. The highest BCUT2D eigenvalue weighted by Crippen LogP contribution is 2.22. The minimum atomic E-state index is -0.516. The first-order valence-corrected chi connectivity index (χ1v) is 7.29. The van der Waals surface area contributed by atoms with Gasteiger partial charge in [0.25, 0.3) is 0 Å². The molecule has 0 radical (unpaired) electrons. The summed E-state index contributed by atoms with van der Waals surface area (Å²) in [5.74, 6) is -0.446. The Morgan fingerprint density at radius 2 is 1.90 bits per heavy atom. The van der Waals surface area contributed by atoms with Crippen LogP contribution in [0.2, 0.25) is 0 Å². The van der Waals surface area contributed by atoms with Crippen molar-refractivity contribution in [3.8, 4) is 0 Å². The van der Waals surface area contributed by atoms with Gasteiger partial charge in [0, 0.05) is 6.54 Å². The summed E-state index contributed by atoms with van der Waals surface area (Å²) in [7, 11) is 0. The van der Waals surface area contributed by atoms with Crippen molar-refractivity contribution in [2.45, 2.75) is 45.8 Å². The van der Waals surface area contributed by atoms with E-state index in [0.717, 1.165) is 12.0 Å². The van der Waals surface area contributed by atoms with Gasteiger partial charge >= 0.3 is 0 Å². The molecule has 0 bridgehead atoms. The van der Waals surface area contributed by atoms with Gasteiger partial charge in [0.1, 0.15) is 17.9 Å². The standard InChI is InChI=1S/C16H21FN2O2/c1-4-10(2)14-15(20)18-11(3)16(21)19(14)9-12-5-7-13(17)8-6-12/h5-8,10-11,14H,4,9H2,1-3H3,(H,18,20). The fourth-order valence-corrected chi connectivity index (χ4v) is 2.64. The van der Waals surface area contributed by atoms with Crippen LogP contribution in [0, 0.1) is 11.7 Å². The third kappa shape index (κ3) is 3.23. The monoisotopic (exact) mass is 292 g/mol. The third-order valence-corrected chi connectivity index (χ3v) is 4.07. The van der Waals surface area contributed by atoms with Crippen molar-refractivity contribution in [1.29, 1.82) is 0 Å². The number of carbonyl (C=O) groups is 2. The highest BCUT2D eigenvalue weighted by molar-refractivity contribution is 5.96. The topological polar surface area (TPSA) is 49.4 Å². The number of nitrogens with zero attached hydrogens (tertiary/aromatic N) is 1. The molecular weight excluding hydrogens is 271 g/mol. The van der Waals surface area contributed by atoms with Crippen molar-refractivity contribution >= 4 is 11.8 Å². The van der Waals surface area contributed by atoms with E-state index in [1.807, 2.05) is 13.8 Å². The second-order valence-corrected chi connectivity index (χ2v) is 5.65. The molecule has 4 nitrogen and oxygen atoms in total. The molecule has 0 aromatic heterocycles. The fraction of sp³-hybridized carbons (Fsp3) is 0.500. The van der Waals surface area contributed by atoms with Crippen LogP contribution in [0.4, 0.5) is 4.39 Å². The maximum atomic E-state index is 13.0. The number of amides is 2. The molecule has 1 aliphatic rings. The zero-order chi connectivity index (χ0) is 15.6. The molecule has 1 fully saturated rings. The van der Waals surface area contributed by atoms with Crippen LogP contribution in [0.5, 0.6) is 0 Å². The number of carbonyl (C=O) groups excluding carboxylic acids is 2. The maximum absolute atomic E-state index is 13.0. The number of benzene rings is 1. The largest absolute Gasteiger partial charge is 0.343 e. The molecule has 114 valence electrons. The Kier molecular flexibility index (Phi) is 4.60. The lowest BCUT2D eigenvalue weighted by Gasteiger charge is -2.40. The van der Waals surface area contributed by atoms with Gasteiger partial charge in [0.05, 0.1) is 0 Å². The number of nitrogens with one attached hydrogen (secondary N) is 1. The molecule has 5 heteroatoms. The molecule has 1 aromatic carbocycles. The van der Waals surface area contributed by atoms with E-state index in [9.17, 15) is 14.0 Å². The van der Waals surface area contributed by atoms with Gasteiger partial charge in [-0.25, -0.2) is 4.39 Å². The molecule has 2 amide bonds. The van der Waals surface area contributed by atoms with Crippen molar-refractivity contribution in [3.05, 3.63) is 35.6 Å². The Hall–Kier alpha value is -1.91. The number of piperazine rings is 1. The van der Waals surface area contributed by atoms with E-state index in [4.69, 9.17) is 0 Å². The van der Waals surface area contributed by atoms with E-state index in [1.165, 1.54) is 12.1 Å². The molecule has 1 heterocycles. The SMILES string of the molecule is CCC(C)C1C(=O)NC(C)C(=O)N1Cc1ccc(F)cc1.